The molecule has 11 nitrogen and oxygen atoms in total. The van der Waals surface area contributed by atoms with E-state index in [0.29, 0.717) is 13.1 Å². The smallest absolute Gasteiger partial charge is 0.395 e. The first kappa shape index (κ1) is 37.3. The fourth-order valence-electron chi connectivity index (χ4n) is 4.13. The molecule has 0 spiro atoms. The molecule has 0 amide bonds. The topological polar surface area (TPSA) is 188 Å². The number of β-amino-alcohol motifs (C(OH)–C–C–N with tert-alkyl or cyclic N) is 2. The van der Waals surface area contributed by atoms with Crippen molar-refractivity contribution in [3.63, 3.8) is 0 Å². The van der Waals surface area contributed by atoms with E-state index in [4.69, 9.17) is 19.6 Å². The molecule has 0 aromatic heterocycles. The Morgan fingerprint density at radius 2 is 0.971 bits per heavy atom. The second-order valence-electron chi connectivity index (χ2n) is 8.92. The van der Waals surface area contributed by atoms with Gasteiger partial charge in [0.1, 0.15) is 0 Å². The first-order valence-electron chi connectivity index (χ1n) is 12.8. The van der Waals surface area contributed by atoms with E-state index in [1.54, 1.807) is 0 Å². The van der Waals surface area contributed by atoms with E-state index >= 15 is 0 Å². The maximum atomic E-state index is 10.3. The van der Waals surface area contributed by atoms with E-state index in [1.165, 1.54) is 64.2 Å². The fourth-order valence-corrected chi connectivity index (χ4v) is 5.24. The highest BCUT2D eigenvalue weighted by atomic mass is 31.3. The van der Waals surface area contributed by atoms with Gasteiger partial charge in [-0.15, -0.1) is 0 Å². The van der Waals surface area contributed by atoms with Gasteiger partial charge in [-0.1, -0.05) is 90.9 Å². The van der Waals surface area contributed by atoms with Crippen LogP contribution >= 0.6 is 15.6 Å². The predicted octanol–water partition coefficient (Wildman–Crippen LogP) is 3.69. The number of nitrogens with zero attached hydrogens (tertiary/aromatic N) is 1. The highest BCUT2D eigenvalue weighted by Crippen LogP contribution is 2.53. The van der Waals surface area contributed by atoms with Crippen molar-refractivity contribution in [1.82, 2.24) is 4.90 Å². The van der Waals surface area contributed by atoms with E-state index in [1.807, 2.05) is 0 Å². The lowest BCUT2D eigenvalue weighted by molar-refractivity contribution is -0.00724. The quantitative estimate of drug-likeness (QED) is 0.0768. The van der Waals surface area contributed by atoms with Gasteiger partial charge in [0, 0.05) is 18.6 Å². The second kappa shape index (κ2) is 22.1. The lowest BCUT2D eigenvalue weighted by atomic mass is 9.84. The van der Waals surface area contributed by atoms with Crippen LogP contribution in [0.25, 0.3) is 0 Å². The summed E-state index contributed by atoms with van der Waals surface area (Å²) in [5, 5.41) is 29.2. The lowest BCUT2D eigenvalue weighted by Crippen LogP contribution is -2.53. The molecule has 0 aliphatic rings. The van der Waals surface area contributed by atoms with Crippen LogP contribution in [0, 0.1) is 0 Å². The van der Waals surface area contributed by atoms with Crippen molar-refractivity contribution in [2.75, 3.05) is 32.9 Å². The number of rotatable bonds is 22. The average molecular weight is 552 g/mol. The summed E-state index contributed by atoms with van der Waals surface area (Å²) in [6, 6.07) is 0. The maximum Gasteiger partial charge on any atom is 0.478 e. The van der Waals surface area contributed by atoms with Crippen LogP contribution in [0.4, 0.5) is 0 Å². The lowest BCUT2D eigenvalue weighted by Gasteiger charge is -2.43. The third-order valence-corrected chi connectivity index (χ3v) is 7.61. The zero-order valence-electron chi connectivity index (χ0n) is 21.6. The predicted molar refractivity (Wildman–Crippen MR) is 137 cm³/mol. The molecule has 0 saturated carbocycles. The summed E-state index contributed by atoms with van der Waals surface area (Å²) in [5.74, 6) is 0. The van der Waals surface area contributed by atoms with Crippen LogP contribution in [0.3, 0.4) is 0 Å². The number of aliphatic hydroxyl groups is 3. The summed E-state index contributed by atoms with van der Waals surface area (Å²) in [7, 11) is -10.1. The van der Waals surface area contributed by atoms with Gasteiger partial charge in [0.15, 0.2) is 0 Å². The molecular weight excluding hydrogens is 500 g/mol. The molecule has 0 aliphatic heterocycles. The molecule has 0 aromatic rings. The van der Waals surface area contributed by atoms with Crippen LogP contribution in [-0.2, 0) is 13.4 Å². The molecule has 0 bridgehead atoms. The van der Waals surface area contributed by atoms with Gasteiger partial charge in [-0.25, -0.2) is 9.13 Å². The first-order chi connectivity index (χ1) is 16.4. The Morgan fingerprint density at radius 3 is 1.23 bits per heavy atom. The third-order valence-electron chi connectivity index (χ3n) is 5.91. The Bertz CT molecular complexity index is 528. The van der Waals surface area contributed by atoms with Crippen molar-refractivity contribution < 1.29 is 48.3 Å². The minimum absolute atomic E-state index is 0.0781. The molecule has 13 heteroatoms. The van der Waals surface area contributed by atoms with E-state index in [-0.39, 0.29) is 25.4 Å². The molecule has 0 aliphatic carbocycles. The SMILES string of the molecule is CCCCCCCCC(CO)(CCCCCCCC)N(CCO)CCO.O=P(O)(O)OP(=O)(O)O. The summed E-state index contributed by atoms with van der Waals surface area (Å²) in [6.07, 6.45) is 16.9. The van der Waals surface area contributed by atoms with Crippen LogP contribution in [0.1, 0.15) is 104 Å². The van der Waals surface area contributed by atoms with Gasteiger partial charge in [-0.05, 0) is 12.8 Å². The van der Waals surface area contributed by atoms with Gasteiger partial charge in [0.25, 0.3) is 0 Å². The molecule has 0 atom stereocenters. The van der Waals surface area contributed by atoms with Crippen LogP contribution in [-0.4, -0.2) is 78.2 Å². The standard InChI is InChI=1S/C22H47NO3.H4O7P2/c1-3-5-7-9-11-13-15-22(21-26,23(17-19-24)18-20-25)16-14-12-10-8-6-4-2;1-8(2,3)7-9(4,5)6/h24-26H,3-21H2,1-2H3;(H2,1,2,3)(H2,4,5,6). The minimum Gasteiger partial charge on any atom is -0.395 e. The van der Waals surface area contributed by atoms with Gasteiger partial charge < -0.3 is 34.9 Å². The van der Waals surface area contributed by atoms with Gasteiger partial charge in [-0.3, -0.25) is 4.90 Å². The highest BCUT2D eigenvalue weighted by molar-refractivity contribution is 7.60. The molecule has 0 rings (SSSR count). The Labute approximate surface area is 211 Å². The molecule has 0 radical (unpaired) electrons. The van der Waals surface area contributed by atoms with Crippen molar-refractivity contribution in [1.29, 1.82) is 0 Å². The normalized spacial score (nSPS) is 12.6. The van der Waals surface area contributed by atoms with Crippen molar-refractivity contribution in [2.45, 2.75) is 109 Å². The molecular formula is C22H51NO10P2. The summed E-state index contributed by atoms with van der Waals surface area (Å²) < 4.78 is 22.2. The summed E-state index contributed by atoms with van der Waals surface area (Å²) in [5.41, 5.74) is -0.277. The number of unbranched alkanes of at least 4 members (excludes halogenated alkanes) is 10. The first-order valence-corrected chi connectivity index (χ1v) is 15.9. The van der Waals surface area contributed by atoms with Crippen LogP contribution in [0.15, 0.2) is 0 Å². The monoisotopic (exact) mass is 551 g/mol. The zero-order chi connectivity index (χ0) is 27.2. The molecule has 0 aromatic carbocycles. The maximum absolute atomic E-state index is 10.3. The number of phosphoric acid groups is 2. The summed E-state index contributed by atoms with van der Waals surface area (Å²) >= 11 is 0. The van der Waals surface area contributed by atoms with Crippen molar-refractivity contribution in [2.24, 2.45) is 0 Å². The third kappa shape index (κ3) is 23.0. The summed E-state index contributed by atoms with van der Waals surface area (Å²) in [4.78, 5) is 33.1. The van der Waals surface area contributed by atoms with E-state index < -0.39 is 15.6 Å². The minimum atomic E-state index is -5.05. The molecule has 35 heavy (non-hydrogen) atoms. The van der Waals surface area contributed by atoms with Crippen molar-refractivity contribution in [3.05, 3.63) is 0 Å². The van der Waals surface area contributed by atoms with E-state index in [9.17, 15) is 24.4 Å². The van der Waals surface area contributed by atoms with Crippen molar-refractivity contribution in [3.8, 4) is 0 Å². The van der Waals surface area contributed by atoms with Crippen LogP contribution in [0.5, 0.6) is 0 Å². The summed E-state index contributed by atoms with van der Waals surface area (Å²) in [6.45, 7) is 5.82. The van der Waals surface area contributed by atoms with Crippen LogP contribution in [0.2, 0.25) is 0 Å². The number of hydrogen-bond acceptors (Lipinski definition) is 7. The second-order valence-corrected chi connectivity index (χ2v) is 11.5. The fraction of sp³-hybridized carbons (Fsp3) is 1.00. The largest absolute Gasteiger partial charge is 0.478 e. The Morgan fingerprint density at radius 1 is 0.629 bits per heavy atom. The van der Waals surface area contributed by atoms with Gasteiger partial charge in [-0.2, -0.15) is 4.31 Å². The van der Waals surface area contributed by atoms with Crippen LogP contribution < -0.4 is 0 Å². The van der Waals surface area contributed by atoms with Gasteiger partial charge in [0.05, 0.1) is 19.8 Å². The zero-order valence-corrected chi connectivity index (χ0v) is 23.4. The average Bonchev–Trinajstić information content (AvgIpc) is 2.75. The Balaban J connectivity index is 0. The van der Waals surface area contributed by atoms with E-state index in [2.05, 4.69) is 23.1 Å². The molecule has 0 heterocycles. The number of hydrogen-bond donors (Lipinski definition) is 7. The Hall–Kier alpha value is 0.100. The van der Waals surface area contributed by atoms with E-state index in [0.717, 1.165) is 25.7 Å². The molecule has 0 fully saturated rings. The number of aliphatic hydroxyl groups excluding tert-OH is 3. The van der Waals surface area contributed by atoms with Gasteiger partial charge >= 0.3 is 15.6 Å². The molecule has 7 N–H and O–H groups in total. The Kier molecular flexibility index (Phi) is 23.5. The van der Waals surface area contributed by atoms with Crippen molar-refractivity contribution >= 4 is 15.6 Å². The molecule has 0 unspecified atom stereocenters. The molecule has 0 saturated heterocycles. The highest BCUT2D eigenvalue weighted by Gasteiger charge is 2.34. The molecule has 214 valence electrons. The van der Waals surface area contributed by atoms with Gasteiger partial charge in [0.2, 0.25) is 0 Å².